The molecule has 13 nitrogen and oxygen atoms in total. The van der Waals surface area contributed by atoms with Crippen molar-refractivity contribution in [3.63, 3.8) is 0 Å². The third-order valence-corrected chi connectivity index (χ3v) is 6.71. The number of benzene rings is 1. The molecule has 1 aromatic carbocycles. The van der Waals surface area contributed by atoms with E-state index in [4.69, 9.17) is 28.1 Å². The minimum Gasteiger partial charge on any atom is -0.464 e. The Bertz CT molecular complexity index is 1650. The van der Waals surface area contributed by atoms with Gasteiger partial charge in [0.2, 0.25) is 0 Å². The monoisotopic (exact) mass is 606 g/mol. The van der Waals surface area contributed by atoms with E-state index in [0.29, 0.717) is 5.56 Å². The molecule has 1 fully saturated rings. The molecule has 3 heterocycles. The van der Waals surface area contributed by atoms with Crippen LogP contribution in [-0.2, 0) is 42.9 Å². The summed E-state index contributed by atoms with van der Waals surface area (Å²) >= 11 is 0. The first kappa shape index (κ1) is 31.7. The fraction of sp³-hybridized carbons (Fsp3) is 0.355. The van der Waals surface area contributed by atoms with Crippen LogP contribution in [0, 0.1) is 18.3 Å². The van der Waals surface area contributed by atoms with Crippen LogP contribution >= 0.6 is 0 Å². The van der Waals surface area contributed by atoms with Gasteiger partial charge >= 0.3 is 23.9 Å². The van der Waals surface area contributed by atoms with Crippen LogP contribution in [0.5, 0.6) is 0 Å². The summed E-state index contributed by atoms with van der Waals surface area (Å²) in [5, 5.41) is 10.1. The normalized spacial score (nSPS) is 21.0. The number of aryl methyl sites for hydroxylation is 1. The fourth-order valence-electron chi connectivity index (χ4n) is 4.97. The Morgan fingerprint density at radius 3 is 2.05 bits per heavy atom. The Morgan fingerprint density at radius 2 is 1.50 bits per heavy atom. The van der Waals surface area contributed by atoms with Gasteiger partial charge in [0.1, 0.15) is 30.1 Å². The summed E-state index contributed by atoms with van der Waals surface area (Å²) in [4.78, 5) is 62.9. The summed E-state index contributed by atoms with van der Waals surface area (Å²) in [5.41, 5.74) is 0.690. The highest BCUT2D eigenvalue weighted by Gasteiger charge is 2.53. The summed E-state index contributed by atoms with van der Waals surface area (Å²) in [6.45, 7) is 5.84. The maximum Gasteiger partial charge on any atom is 0.303 e. The minimum atomic E-state index is -1.57. The number of pyridine rings is 1. The van der Waals surface area contributed by atoms with E-state index in [1.165, 1.54) is 6.26 Å². The lowest BCUT2D eigenvalue weighted by Crippen LogP contribution is -2.61. The number of hydrogen-bond donors (Lipinski definition) is 0. The van der Waals surface area contributed by atoms with Gasteiger partial charge in [-0.05, 0) is 30.7 Å². The molecule has 0 spiro atoms. The van der Waals surface area contributed by atoms with E-state index < -0.39 is 66.7 Å². The number of carbonyl (C=O) groups excluding carboxylic acids is 4. The molecule has 1 saturated heterocycles. The number of ether oxygens (including phenoxy) is 5. The highest BCUT2D eigenvalue weighted by atomic mass is 16.7. The third-order valence-electron chi connectivity index (χ3n) is 6.71. The summed E-state index contributed by atoms with van der Waals surface area (Å²) in [5.74, 6) is -2.90. The Labute approximate surface area is 251 Å². The van der Waals surface area contributed by atoms with Crippen molar-refractivity contribution in [2.75, 3.05) is 6.61 Å². The van der Waals surface area contributed by atoms with Crippen LogP contribution in [0.25, 0.3) is 22.6 Å². The van der Waals surface area contributed by atoms with E-state index >= 15 is 0 Å². The van der Waals surface area contributed by atoms with Crippen LogP contribution in [0.3, 0.4) is 0 Å². The van der Waals surface area contributed by atoms with Gasteiger partial charge in [-0.1, -0.05) is 29.8 Å². The van der Waals surface area contributed by atoms with Crippen LogP contribution in [-0.4, -0.2) is 59.5 Å². The van der Waals surface area contributed by atoms with E-state index in [9.17, 15) is 29.2 Å². The zero-order valence-electron chi connectivity index (χ0n) is 24.6. The second-order valence-corrected chi connectivity index (χ2v) is 10.0. The molecular formula is C31H30N2O11. The van der Waals surface area contributed by atoms with Crippen molar-refractivity contribution >= 4 is 23.9 Å². The standard InChI is InChI=1S/C31H30N2O11/c1-16-8-10-21(11-9-16)24-13-22(25-7-6-12-39-25)23(14-32)30(38)33(24)31-29(43-20(5)37)28(42-19(4)36)27(41-18(3)35)26(44-31)15-40-17(2)34/h6-13,26-29,31H,15H2,1-5H3/t26-,27-,28+,29-,31-/m1/s1. The first-order chi connectivity index (χ1) is 20.9. The number of esters is 4. The molecule has 0 unspecified atom stereocenters. The lowest BCUT2D eigenvalue weighted by Gasteiger charge is -2.45. The molecule has 0 bridgehead atoms. The first-order valence-corrected chi connectivity index (χ1v) is 13.5. The quantitative estimate of drug-likeness (QED) is 0.271. The molecule has 2 aromatic heterocycles. The minimum absolute atomic E-state index is 0.194. The average Bonchev–Trinajstić information content (AvgIpc) is 3.49. The summed E-state index contributed by atoms with van der Waals surface area (Å²) < 4.78 is 34.6. The zero-order valence-corrected chi connectivity index (χ0v) is 24.6. The molecule has 5 atom stereocenters. The smallest absolute Gasteiger partial charge is 0.303 e. The van der Waals surface area contributed by atoms with E-state index in [1.54, 1.807) is 30.3 Å². The van der Waals surface area contributed by atoms with Gasteiger partial charge < -0.3 is 28.1 Å². The van der Waals surface area contributed by atoms with E-state index in [2.05, 4.69) is 0 Å². The molecule has 0 radical (unpaired) electrons. The van der Waals surface area contributed by atoms with Gasteiger partial charge in [0.25, 0.3) is 5.56 Å². The van der Waals surface area contributed by atoms with Gasteiger partial charge in [-0.2, -0.15) is 5.26 Å². The topological polar surface area (TPSA) is 173 Å². The van der Waals surface area contributed by atoms with Crippen LogP contribution in [0.15, 0.2) is 57.9 Å². The molecule has 1 aliphatic heterocycles. The van der Waals surface area contributed by atoms with Crippen LogP contribution in [0.2, 0.25) is 0 Å². The predicted octanol–water partition coefficient (Wildman–Crippen LogP) is 3.21. The summed E-state index contributed by atoms with van der Waals surface area (Å²) in [7, 11) is 0. The Hall–Kier alpha value is -5.22. The number of nitrogens with zero attached hydrogens (tertiary/aromatic N) is 2. The predicted molar refractivity (Wildman–Crippen MR) is 150 cm³/mol. The fourth-order valence-corrected chi connectivity index (χ4v) is 4.97. The summed E-state index contributed by atoms with van der Waals surface area (Å²) in [6.07, 6.45) is -6.00. The number of aromatic nitrogens is 1. The lowest BCUT2D eigenvalue weighted by molar-refractivity contribution is -0.268. The molecule has 13 heteroatoms. The number of rotatable bonds is 8. The second-order valence-electron chi connectivity index (χ2n) is 10.0. The maximum absolute atomic E-state index is 14.3. The molecule has 0 aliphatic carbocycles. The van der Waals surface area contributed by atoms with Crippen molar-refractivity contribution in [2.24, 2.45) is 0 Å². The lowest BCUT2D eigenvalue weighted by atomic mass is 9.95. The first-order valence-electron chi connectivity index (χ1n) is 13.5. The van der Waals surface area contributed by atoms with Crippen LogP contribution < -0.4 is 5.56 Å². The maximum atomic E-state index is 14.3. The highest BCUT2D eigenvalue weighted by molar-refractivity contribution is 5.73. The van der Waals surface area contributed by atoms with Crippen molar-refractivity contribution in [3.05, 3.63) is 70.2 Å². The van der Waals surface area contributed by atoms with E-state index in [0.717, 1.165) is 37.8 Å². The molecule has 1 aliphatic rings. The molecule has 3 aromatic rings. The Balaban J connectivity index is 2.04. The average molecular weight is 607 g/mol. The number of carbonyl (C=O) groups is 4. The molecule has 44 heavy (non-hydrogen) atoms. The SMILES string of the molecule is CC(=O)OC[C@H]1O[C@@H](n2c(-c3ccc(C)cc3)cc(-c3ccco3)c(C#N)c2=O)[C@H](OC(C)=O)[C@@H](OC(C)=O)[C@@H]1OC(C)=O. The number of hydrogen-bond acceptors (Lipinski definition) is 12. The van der Waals surface area contributed by atoms with Crippen molar-refractivity contribution in [3.8, 4) is 28.7 Å². The van der Waals surface area contributed by atoms with Crippen LogP contribution in [0.1, 0.15) is 45.0 Å². The molecule has 0 amide bonds. The molecule has 4 rings (SSSR count). The number of nitriles is 1. The van der Waals surface area contributed by atoms with E-state index in [-0.39, 0.29) is 22.6 Å². The van der Waals surface area contributed by atoms with E-state index in [1.807, 2.05) is 25.1 Å². The Kier molecular flexibility index (Phi) is 9.65. The highest BCUT2D eigenvalue weighted by Crippen LogP contribution is 2.38. The van der Waals surface area contributed by atoms with Gasteiger partial charge in [-0.3, -0.25) is 28.5 Å². The third kappa shape index (κ3) is 6.87. The molecule has 0 saturated carbocycles. The van der Waals surface area contributed by atoms with Gasteiger partial charge in [-0.15, -0.1) is 0 Å². The largest absolute Gasteiger partial charge is 0.464 e. The molecule has 230 valence electrons. The van der Waals surface area contributed by atoms with Gasteiger partial charge in [0.05, 0.1) is 12.0 Å². The van der Waals surface area contributed by atoms with Gasteiger partial charge in [0, 0.05) is 33.3 Å². The molecule has 0 N–H and O–H groups in total. The molecular weight excluding hydrogens is 576 g/mol. The van der Waals surface area contributed by atoms with Crippen molar-refractivity contribution in [2.45, 2.75) is 65.3 Å². The Morgan fingerprint density at radius 1 is 0.886 bits per heavy atom. The second kappa shape index (κ2) is 13.4. The zero-order chi connectivity index (χ0) is 32.1. The van der Waals surface area contributed by atoms with Gasteiger partial charge in [0.15, 0.2) is 24.5 Å². The van der Waals surface area contributed by atoms with Crippen LogP contribution in [0.4, 0.5) is 0 Å². The van der Waals surface area contributed by atoms with Crippen molar-refractivity contribution in [1.82, 2.24) is 4.57 Å². The number of furan rings is 1. The van der Waals surface area contributed by atoms with Crippen molar-refractivity contribution in [1.29, 1.82) is 5.26 Å². The van der Waals surface area contributed by atoms with Gasteiger partial charge in [-0.25, -0.2) is 0 Å². The summed E-state index contributed by atoms with van der Waals surface area (Å²) in [6, 6.07) is 13.8. The van der Waals surface area contributed by atoms with Crippen molar-refractivity contribution < 1.29 is 47.3 Å².